The molecule has 0 radical (unpaired) electrons. The van der Waals surface area contributed by atoms with Crippen molar-refractivity contribution in [3.8, 4) is 0 Å². The fourth-order valence-corrected chi connectivity index (χ4v) is 5.24. The lowest BCUT2D eigenvalue weighted by atomic mass is 10.1. The second-order valence-corrected chi connectivity index (χ2v) is 10.8. The van der Waals surface area contributed by atoms with E-state index in [1.807, 2.05) is 51.1 Å². The number of nitrogens with one attached hydrogen (secondary N) is 1. The van der Waals surface area contributed by atoms with Crippen molar-refractivity contribution in [1.82, 2.24) is 10.2 Å². The number of hydrogen-bond acceptors (Lipinski definition) is 4. The van der Waals surface area contributed by atoms with Gasteiger partial charge in [0.15, 0.2) is 0 Å². The Hall–Kier alpha value is -3.65. The van der Waals surface area contributed by atoms with Crippen molar-refractivity contribution in [2.45, 2.75) is 45.2 Å². The number of rotatable bonds is 9. The van der Waals surface area contributed by atoms with Gasteiger partial charge in [-0.25, -0.2) is 8.42 Å². The zero-order valence-electron chi connectivity index (χ0n) is 21.4. The minimum absolute atomic E-state index is 0.0897. The van der Waals surface area contributed by atoms with Gasteiger partial charge in [0.05, 0.1) is 10.6 Å². The van der Waals surface area contributed by atoms with Crippen LogP contribution < -0.4 is 9.62 Å². The maximum Gasteiger partial charge on any atom is 0.264 e. The molecule has 2 amide bonds. The van der Waals surface area contributed by atoms with Crippen molar-refractivity contribution >= 4 is 27.5 Å². The van der Waals surface area contributed by atoms with Gasteiger partial charge in [-0.2, -0.15) is 0 Å². The molecule has 0 aliphatic heterocycles. The molecular formula is C28H33N3O4S. The number of amides is 2. The molecule has 3 rings (SSSR count). The van der Waals surface area contributed by atoms with E-state index in [0.29, 0.717) is 5.69 Å². The highest BCUT2D eigenvalue weighted by atomic mass is 32.2. The Balaban J connectivity index is 2.02. The lowest BCUT2D eigenvalue weighted by molar-refractivity contribution is -0.139. The molecule has 0 aliphatic rings. The predicted octanol–water partition coefficient (Wildman–Crippen LogP) is 3.97. The highest BCUT2D eigenvalue weighted by molar-refractivity contribution is 7.92. The molecule has 7 nitrogen and oxygen atoms in total. The molecule has 3 aromatic carbocycles. The van der Waals surface area contributed by atoms with Crippen LogP contribution in [0.25, 0.3) is 0 Å². The molecule has 1 atom stereocenters. The maximum atomic E-state index is 13.7. The Bertz CT molecular complexity index is 1320. The quantitative estimate of drug-likeness (QED) is 0.475. The van der Waals surface area contributed by atoms with Gasteiger partial charge in [0, 0.05) is 13.6 Å². The highest BCUT2D eigenvalue weighted by Gasteiger charge is 2.32. The zero-order valence-corrected chi connectivity index (χ0v) is 22.2. The molecule has 0 bridgehead atoms. The molecule has 1 N–H and O–H groups in total. The number of nitrogens with zero attached hydrogens (tertiary/aromatic N) is 2. The average molecular weight is 508 g/mol. The molecule has 8 heteroatoms. The Morgan fingerprint density at radius 1 is 0.861 bits per heavy atom. The van der Waals surface area contributed by atoms with Crippen molar-refractivity contribution in [3.63, 3.8) is 0 Å². The van der Waals surface area contributed by atoms with Crippen LogP contribution in [0.3, 0.4) is 0 Å². The van der Waals surface area contributed by atoms with Crippen LogP contribution in [0, 0.1) is 20.8 Å². The molecule has 0 fully saturated rings. The van der Waals surface area contributed by atoms with Crippen molar-refractivity contribution in [2.75, 3.05) is 17.9 Å². The van der Waals surface area contributed by atoms with Crippen LogP contribution in [0.4, 0.5) is 5.69 Å². The van der Waals surface area contributed by atoms with Gasteiger partial charge in [-0.3, -0.25) is 13.9 Å². The number of anilines is 1. The largest absolute Gasteiger partial charge is 0.357 e. The molecule has 190 valence electrons. The predicted molar refractivity (Wildman–Crippen MR) is 142 cm³/mol. The molecule has 0 saturated carbocycles. The summed E-state index contributed by atoms with van der Waals surface area (Å²) in [4.78, 5) is 27.7. The normalized spacial score (nSPS) is 12.0. The summed E-state index contributed by atoms with van der Waals surface area (Å²) < 4.78 is 28.6. The number of sulfonamides is 1. The molecule has 0 unspecified atom stereocenters. The van der Waals surface area contributed by atoms with Gasteiger partial charge in [-0.05, 0) is 63.1 Å². The number of hydrogen-bond donors (Lipinski definition) is 1. The number of likely N-dealkylation sites (N-methyl/N-ethyl adjacent to an activating group) is 1. The third-order valence-corrected chi connectivity index (χ3v) is 7.85. The van der Waals surface area contributed by atoms with Gasteiger partial charge < -0.3 is 10.2 Å². The van der Waals surface area contributed by atoms with Crippen molar-refractivity contribution in [3.05, 3.63) is 95.1 Å². The highest BCUT2D eigenvalue weighted by Crippen LogP contribution is 2.25. The number of benzene rings is 3. The third-order valence-electron chi connectivity index (χ3n) is 6.06. The first-order chi connectivity index (χ1) is 17.0. The summed E-state index contributed by atoms with van der Waals surface area (Å²) >= 11 is 0. The summed E-state index contributed by atoms with van der Waals surface area (Å²) in [6, 6.07) is 20.4. The van der Waals surface area contributed by atoms with E-state index in [-0.39, 0.29) is 17.3 Å². The Labute approximate surface area is 213 Å². The Kier molecular flexibility index (Phi) is 8.53. The van der Waals surface area contributed by atoms with E-state index in [1.165, 1.54) is 24.1 Å². The van der Waals surface area contributed by atoms with Crippen LogP contribution in [-0.4, -0.2) is 44.8 Å². The maximum absolute atomic E-state index is 13.7. The van der Waals surface area contributed by atoms with Crippen molar-refractivity contribution in [2.24, 2.45) is 0 Å². The molecular weight excluding hydrogens is 474 g/mol. The van der Waals surface area contributed by atoms with Gasteiger partial charge in [0.2, 0.25) is 11.8 Å². The first kappa shape index (κ1) is 26.9. The van der Waals surface area contributed by atoms with E-state index in [4.69, 9.17) is 0 Å². The first-order valence-corrected chi connectivity index (χ1v) is 13.2. The number of aryl methyl sites for hydroxylation is 3. The van der Waals surface area contributed by atoms with Crippen LogP contribution in [-0.2, 0) is 26.2 Å². The zero-order chi connectivity index (χ0) is 26.5. The Morgan fingerprint density at radius 2 is 1.44 bits per heavy atom. The van der Waals surface area contributed by atoms with Crippen LogP contribution in [0.2, 0.25) is 0 Å². The monoisotopic (exact) mass is 507 g/mol. The first-order valence-electron chi connectivity index (χ1n) is 11.8. The van der Waals surface area contributed by atoms with E-state index in [2.05, 4.69) is 5.32 Å². The van der Waals surface area contributed by atoms with Gasteiger partial charge in [0.1, 0.15) is 12.6 Å². The SMILES string of the molecule is CNC(=O)[C@@H](C)N(Cc1ccc(C)cc1)C(=O)CN(c1cccc(C)c1)S(=O)(=O)c1ccc(C)cc1. The van der Waals surface area contributed by atoms with E-state index in [1.54, 1.807) is 37.3 Å². The van der Waals surface area contributed by atoms with E-state index in [0.717, 1.165) is 26.6 Å². The fourth-order valence-electron chi connectivity index (χ4n) is 3.83. The van der Waals surface area contributed by atoms with Crippen LogP contribution in [0.5, 0.6) is 0 Å². The minimum atomic E-state index is -4.06. The molecule has 0 saturated heterocycles. The van der Waals surface area contributed by atoms with Gasteiger partial charge in [-0.1, -0.05) is 59.7 Å². The summed E-state index contributed by atoms with van der Waals surface area (Å²) in [7, 11) is -2.55. The Morgan fingerprint density at radius 3 is 2.00 bits per heavy atom. The summed E-state index contributed by atoms with van der Waals surface area (Å²) in [6.07, 6.45) is 0. The molecule has 36 heavy (non-hydrogen) atoms. The fraction of sp³-hybridized carbons (Fsp3) is 0.286. The second kappa shape index (κ2) is 11.4. The lowest BCUT2D eigenvalue weighted by Crippen LogP contribution is -2.50. The van der Waals surface area contributed by atoms with Crippen LogP contribution >= 0.6 is 0 Å². The van der Waals surface area contributed by atoms with E-state index in [9.17, 15) is 18.0 Å². The summed E-state index contributed by atoms with van der Waals surface area (Å²) in [5.74, 6) is -0.817. The van der Waals surface area contributed by atoms with Gasteiger partial charge >= 0.3 is 0 Å². The number of carbonyl (C=O) groups is 2. The van der Waals surface area contributed by atoms with Crippen LogP contribution in [0.15, 0.2) is 77.7 Å². The van der Waals surface area contributed by atoms with E-state index >= 15 is 0 Å². The van der Waals surface area contributed by atoms with Gasteiger partial charge in [-0.15, -0.1) is 0 Å². The molecule has 0 spiro atoms. The molecule has 0 aromatic heterocycles. The summed E-state index contributed by atoms with van der Waals surface area (Å²) in [6.45, 7) is 7.05. The van der Waals surface area contributed by atoms with Crippen LogP contribution in [0.1, 0.15) is 29.2 Å². The lowest BCUT2D eigenvalue weighted by Gasteiger charge is -2.32. The van der Waals surface area contributed by atoms with Gasteiger partial charge in [0.25, 0.3) is 10.0 Å². The smallest absolute Gasteiger partial charge is 0.264 e. The number of carbonyl (C=O) groups excluding carboxylic acids is 2. The van der Waals surface area contributed by atoms with E-state index < -0.39 is 28.5 Å². The summed E-state index contributed by atoms with van der Waals surface area (Å²) in [5.41, 5.74) is 4.08. The standard InChI is InChI=1S/C28H33N3O4S/c1-20-9-13-24(14-10-20)18-30(23(4)28(33)29-5)27(32)19-31(25-8-6-7-22(3)17-25)36(34,35)26-15-11-21(2)12-16-26/h6-17,23H,18-19H2,1-5H3,(H,29,33)/t23-/m1/s1. The third kappa shape index (κ3) is 6.31. The molecule has 3 aromatic rings. The second-order valence-electron chi connectivity index (χ2n) is 8.96. The summed E-state index contributed by atoms with van der Waals surface area (Å²) in [5, 5.41) is 2.58. The van der Waals surface area contributed by atoms with Crippen molar-refractivity contribution < 1.29 is 18.0 Å². The molecule has 0 aliphatic carbocycles. The average Bonchev–Trinajstić information content (AvgIpc) is 2.86. The molecule has 0 heterocycles. The topological polar surface area (TPSA) is 86.8 Å². The van der Waals surface area contributed by atoms with Crippen molar-refractivity contribution in [1.29, 1.82) is 0 Å². The minimum Gasteiger partial charge on any atom is -0.357 e.